The summed E-state index contributed by atoms with van der Waals surface area (Å²) in [5, 5.41) is 4.05. The lowest BCUT2D eigenvalue weighted by Gasteiger charge is -2.10. The van der Waals surface area contributed by atoms with Gasteiger partial charge in [0.25, 0.3) is 0 Å². The van der Waals surface area contributed by atoms with Crippen molar-refractivity contribution >= 4 is 0 Å². The molecule has 0 unspecified atom stereocenters. The maximum absolute atomic E-state index is 6.22. The topological polar surface area (TPSA) is 87.1 Å². The summed E-state index contributed by atoms with van der Waals surface area (Å²) in [7, 11) is 0. The minimum atomic E-state index is -0.0871. The minimum Gasteiger partial charge on any atom is -0.474 e. The van der Waals surface area contributed by atoms with Gasteiger partial charge in [-0.3, -0.25) is 0 Å². The van der Waals surface area contributed by atoms with E-state index in [4.69, 9.17) is 15.0 Å². The maximum Gasteiger partial charge on any atom is 0.228 e. The Morgan fingerprint density at radius 2 is 1.88 bits per heavy atom. The summed E-state index contributed by atoms with van der Waals surface area (Å²) in [4.78, 5) is 8.70. The normalized spacial score (nSPS) is 12.3. The van der Waals surface area contributed by atoms with E-state index in [0.717, 1.165) is 6.42 Å². The Morgan fingerprint density at radius 1 is 1.08 bits per heavy atom. The summed E-state index contributed by atoms with van der Waals surface area (Å²) in [5.74, 6) is 1.47. The number of hydrogen-bond donors (Lipinski definition) is 1. The molecule has 0 aliphatic rings. The molecule has 0 aliphatic carbocycles. The number of pyridine rings is 1. The summed E-state index contributed by atoms with van der Waals surface area (Å²) >= 11 is 0. The van der Waals surface area contributed by atoms with Crippen molar-refractivity contribution in [1.29, 1.82) is 0 Å². The zero-order chi connectivity index (χ0) is 17.6. The zero-order valence-electron chi connectivity index (χ0n) is 14.4. The van der Waals surface area contributed by atoms with Gasteiger partial charge in [0.05, 0.1) is 11.7 Å². The van der Waals surface area contributed by atoms with Crippen molar-refractivity contribution in [2.75, 3.05) is 0 Å². The van der Waals surface area contributed by atoms with E-state index in [1.54, 1.807) is 6.20 Å². The zero-order valence-corrected chi connectivity index (χ0v) is 14.4. The second kappa shape index (κ2) is 7.90. The third kappa shape index (κ3) is 4.64. The van der Waals surface area contributed by atoms with Crippen LogP contribution in [0.2, 0.25) is 0 Å². The molecule has 0 fully saturated rings. The first-order valence-electron chi connectivity index (χ1n) is 8.36. The van der Waals surface area contributed by atoms with Crippen LogP contribution in [0.15, 0.2) is 53.2 Å². The van der Waals surface area contributed by atoms with Gasteiger partial charge in [0.15, 0.2) is 0 Å². The van der Waals surface area contributed by atoms with Gasteiger partial charge in [0, 0.05) is 18.7 Å². The van der Waals surface area contributed by atoms with Gasteiger partial charge in [0.1, 0.15) is 0 Å². The fourth-order valence-electron chi connectivity index (χ4n) is 2.54. The highest BCUT2D eigenvalue weighted by Gasteiger charge is 2.17. The second-order valence-electron chi connectivity index (χ2n) is 6.19. The molecule has 1 atom stereocenters. The second-order valence-corrected chi connectivity index (χ2v) is 6.19. The maximum atomic E-state index is 6.22. The summed E-state index contributed by atoms with van der Waals surface area (Å²) in [5.41, 5.74) is 8.12. The fraction of sp³-hybridized carbons (Fsp3) is 0.316. The Balaban J connectivity index is 1.70. The Labute approximate surface area is 147 Å². The lowest BCUT2D eigenvalue weighted by Crippen LogP contribution is -2.25. The van der Waals surface area contributed by atoms with Crippen molar-refractivity contribution in [1.82, 2.24) is 15.1 Å². The Bertz CT molecular complexity index is 802. The molecule has 130 valence electrons. The standard InChI is InChI=1S/C19H22N4O2/c1-13(2)24-19-16(9-6-10-21-19)18-22-17(25-23-18)12-15(20)11-14-7-4-3-5-8-14/h3-10,13,15H,11-12,20H2,1-2H3/t15-/m1/s1. The van der Waals surface area contributed by atoms with E-state index in [9.17, 15) is 0 Å². The highest BCUT2D eigenvalue weighted by molar-refractivity contribution is 5.60. The van der Waals surface area contributed by atoms with Gasteiger partial charge in [-0.2, -0.15) is 4.98 Å². The largest absolute Gasteiger partial charge is 0.474 e. The lowest BCUT2D eigenvalue weighted by molar-refractivity contribution is 0.233. The van der Waals surface area contributed by atoms with E-state index >= 15 is 0 Å². The minimum absolute atomic E-state index is 0.0133. The molecular weight excluding hydrogens is 316 g/mol. The van der Waals surface area contributed by atoms with Crippen molar-refractivity contribution in [3.05, 3.63) is 60.1 Å². The molecule has 2 heterocycles. The number of rotatable bonds is 7. The number of aromatic nitrogens is 3. The first-order chi connectivity index (χ1) is 12.1. The van der Waals surface area contributed by atoms with Crippen LogP contribution in [0.4, 0.5) is 0 Å². The Morgan fingerprint density at radius 3 is 2.64 bits per heavy atom. The van der Waals surface area contributed by atoms with Crippen LogP contribution < -0.4 is 10.5 Å². The van der Waals surface area contributed by atoms with Crippen LogP contribution in [-0.2, 0) is 12.8 Å². The van der Waals surface area contributed by atoms with Crippen LogP contribution in [0.1, 0.15) is 25.3 Å². The Kier molecular flexibility index (Phi) is 5.40. The molecule has 0 amide bonds. The molecule has 3 aromatic rings. The number of hydrogen-bond acceptors (Lipinski definition) is 6. The number of nitrogens with zero attached hydrogens (tertiary/aromatic N) is 3. The van der Waals surface area contributed by atoms with Crippen LogP contribution in [0.25, 0.3) is 11.4 Å². The molecule has 0 saturated carbocycles. The van der Waals surface area contributed by atoms with Crippen LogP contribution in [0.3, 0.4) is 0 Å². The molecule has 1 aromatic carbocycles. The summed E-state index contributed by atoms with van der Waals surface area (Å²) in [6.07, 6.45) is 2.97. The summed E-state index contributed by atoms with van der Waals surface area (Å²) in [6, 6.07) is 13.7. The number of ether oxygens (including phenoxy) is 1. The average molecular weight is 338 g/mol. The van der Waals surface area contributed by atoms with Gasteiger partial charge in [-0.1, -0.05) is 35.5 Å². The molecule has 25 heavy (non-hydrogen) atoms. The van der Waals surface area contributed by atoms with Crippen molar-refractivity contribution in [3.8, 4) is 17.3 Å². The third-order valence-corrected chi connectivity index (χ3v) is 3.61. The summed E-state index contributed by atoms with van der Waals surface area (Å²) < 4.78 is 11.1. The molecular formula is C19H22N4O2. The smallest absolute Gasteiger partial charge is 0.228 e. The van der Waals surface area contributed by atoms with Gasteiger partial charge in [-0.25, -0.2) is 4.98 Å². The van der Waals surface area contributed by atoms with Gasteiger partial charge >= 0.3 is 0 Å². The van der Waals surface area contributed by atoms with Crippen LogP contribution in [0, 0.1) is 0 Å². The number of benzene rings is 1. The first kappa shape index (κ1) is 17.1. The molecule has 6 nitrogen and oxygen atoms in total. The Hall–Kier alpha value is -2.73. The molecule has 0 spiro atoms. The van der Waals surface area contributed by atoms with Crippen LogP contribution in [-0.4, -0.2) is 27.3 Å². The number of nitrogens with two attached hydrogens (primary N) is 1. The predicted octanol–water partition coefficient (Wildman–Crippen LogP) is 3.03. The monoisotopic (exact) mass is 338 g/mol. The van der Waals surface area contributed by atoms with Gasteiger partial charge in [-0.05, 0) is 38.0 Å². The summed E-state index contributed by atoms with van der Waals surface area (Å²) in [6.45, 7) is 3.89. The van der Waals surface area contributed by atoms with Gasteiger partial charge in [-0.15, -0.1) is 0 Å². The molecule has 0 aliphatic heterocycles. The van der Waals surface area contributed by atoms with Crippen molar-refractivity contribution in [3.63, 3.8) is 0 Å². The van der Waals surface area contributed by atoms with E-state index in [-0.39, 0.29) is 12.1 Å². The van der Waals surface area contributed by atoms with Crippen LogP contribution >= 0.6 is 0 Å². The third-order valence-electron chi connectivity index (χ3n) is 3.61. The van der Waals surface area contributed by atoms with E-state index in [1.165, 1.54) is 5.56 Å². The SMILES string of the molecule is CC(C)Oc1ncccc1-c1noc(C[C@H](N)Cc2ccccc2)n1. The highest BCUT2D eigenvalue weighted by atomic mass is 16.5. The van der Waals surface area contributed by atoms with Crippen molar-refractivity contribution < 1.29 is 9.26 Å². The molecule has 0 radical (unpaired) electrons. The van der Waals surface area contributed by atoms with Crippen molar-refractivity contribution in [2.45, 2.75) is 38.8 Å². The van der Waals surface area contributed by atoms with E-state index in [0.29, 0.717) is 29.6 Å². The van der Waals surface area contributed by atoms with Crippen molar-refractivity contribution in [2.24, 2.45) is 5.73 Å². The molecule has 6 heteroatoms. The predicted molar refractivity (Wildman–Crippen MR) is 95.1 cm³/mol. The molecule has 2 aromatic heterocycles. The first-order valence-corrected chi connectivity index (χ1v) is 8.36. The van der Waals surface area contributed by atoms with E-state index < -0.39 is 0 Å². The highest BCUT2D eigenvalue weighted by Crippen LogP contribution is 2.26. The average Bonchev–Trinajstić information content (AvgIpc) is 3.04. The van der Waals surface area contributed by atoms with Crippen LogP contribution in [0.5, 0.6) is 5.88 Å². The van der Waals surface area contributed by atoms with Gasteiger partial charge in [0.2, 0.25) is 17.6 Å². The lowest BCUT2D eigenvalue weighted by atomic mass is 10.0. The van der Waals surface area contributed by atoms with Gasteiger partial charge < -0.3 is 15.0 Å². The molecule has 0 saturated heterocycles. The molecule has 2 N–H and O–H groups in total. The molecule has 3 rings (SSSR count). The van der Waals surface area contributed by atoms with E-state index in [1.807, 2.05) is 44.2 Å². The molecule has 0 bridgehead atoms. The van der Waals surface area contributed by atoms with E-state index in [2.05, 4.69) is 27.3 Å². The quantitative estimate of drug-likeness (QED) is 0.712. The fourth-order valence-corrected chi connectivity index (χ4v) is 2.54.